The van der Waals surface area contributed by atoms with E-state index in [1.54, 1.807) is 0 Å². The number of carbonyl (C=O) groups is 1. The molecule has 2 aromatic heterocycles. The monoisotopic (exact) mass is 382 g/mol. The quantitative estimate of drug-likeness (QED) is 0.513. The summed E-state index contributed by atoms with van der Waals surface area (Å²) in [5.41, 5.74) is 2.26. The fraction of sp³-hybridized carbons (Fsp3) is 0.105. The summed E-state index contributed by atoms with van der Waals surface area (Å²) < 4.78 is 6.59. The molecule has 2 N–H and O–H groups in total. The van der Waals surface area contributed by atoms with Gasteiger partial charge in [0.15, 0.2) is 0 Å². The number of nitrogens with one attached hydrogen (secondary N) is 2. The number of fused-ring (bicyclic) bond motifs is 2. The van der Waals surface area contributed by atoms with E-state index in [1.165, 1.54) is 0 Å². The Morgan fingerprint density at radius 3 is 2.71 bits per heavy atom. The van der Waals surface area contributed by atoms with Crippen molar-refractivity contribution in [3.8, 4) is 0 Å². The Labute approximate surface area is 147 Å². The highest BCUT2D eigenvalue weighted by Gasteiger charge is 2.19. The van der Waals surface area contributed by atoms with Crippen molar-refractivity contribution in [3.05, 3.63) is 70.5 Å². The van der Waals surface area contributed by atoms with Crippen LogP contribution in [0.1, 0.15) is 29.2 Å². The van der Waals surface area contributed by atoms with Gasteiger partial charge in [-0.3, -0.25) is 4.79 Å². The largest absolute Gasteiger partial charge is 0.459 e. The van der Waals surface area contributed by atoms with Gasteiger partial charge in [0.2, 0.25) is 0 Å². The number of hydrogen-bond donors (Lipinski definition) is 2. The molecule has 0 fully saturated rings. The zero-order valence-corrected chi connectivity index (χ0v) is 14.6. The van der Waals surface area contributed by atoms with Crippen LogP contribution in [0.25, 0.3) is 21.9 Å². The molecule has 1 unspecified atom stereocenters. The Hall–Kier alpha value is -2.53. The maximum absolute atomic E-state index is 12.6. The van der Waals surface area contributed by atoms with E-state index in [4.69, 9.17) is 4.42 Å². The smallest absolute Gasteiger partial charge is 0.269 e. The fourth-order valence-electron chi connectivity index (χ4n) is 2.82. The third-order valence-electron chi connectivity index (χ3n) is 4.09. The number of benzene rings is 2. The molecule has 2 heterocycles. The van der Waals surface area contributed by atoms with Gasteiger partial charge in [0.1, 0.15) is 17.0 Å². The Morgan fingerprint density at radius 1 is 1.17 bits per heavy atom. The van der Waals surface area contributed by atoms with Gasteiger partial charge in [-0.05, 0) is 41.1 Å². The molecule has 2 aromatic carbocycles. The number of carbonyl (C=O) groups excluding carboxylic acids is 1. The molecule has 0 aliphatic heterocycles. The maximum atomic E-state index is 12.6. The first-order valence-electron chi connectivity index (χ1n) is 7.69. The lowest BCUT2D eigenvalue weighted by Gasteiger charge is -2.10. The lowest BCUT2D eigenvalue weighted by Crippen LogP contribution is -2.26. The van der Waals surface area contributed by atoms with Gasteiger partial charge >= 0.3 is 0 Å². The van der Waals surface area contributed by atoms with Crippen molar-refractivity contribution in [2.45, 2.75) is 13.0 Å². The van der Waals surface area contributed by atoms with Gasteiger partial charge < -0.3 is 14.7 Å². The predicted molar refractivity (Wildman–Crippen MR) is 98.1 cm³/mol. The number of aromatic nitrogens is 1. The third kappa shape index (κ3) is 2.51. The molecular formula is C19H15BrN2O2. The minimum Gasteiger partial charge on any atom is -0.459 e. The highest BCUT2D eigenvalue weighted by Crippen LogP contribution is 2.29. The van der Waals surface area contributed by atoms with Crippen LogP contribution in [0.3, 0.4) is 0 Å². The van der Waals surface area contributed by atoms with Crippen molar-refractivity contribution in [1.29, 1.82) is 0 Å². The lowest BCUT2D eigenvalue weighted by molar-refractivity contribution is 0.0930. The van der Waals surface area contributed by atoms with E-state index in [0.29, 0.717) is 5.69 Å². The van der Waals surface area contributed by atoms with Crippen molar-refractivity contribution in [3.63, 3.8) is 0 Å². The van der Waals surface area contributed by atoms with Crippen molar-refractivity contribution in [2.24, 2.45) is 0 Å². The van der Waals surface area contributed by atoms with Crippen LogP contribution in [0.15, 0.2) is 63.5 Å². The molecular weight excluding hydrogens is 368 g/mol. The summed E-state index contributed by atoms with van der Waals surface area (Å²) in [6.07, 6.45) is 0. The zero-order chi connectivity index (χ0) is 16.7. The number of para-hydroxylation sites is 2. The Bertz CT molecular complexity index is 1010. The normalized spacial score (nSPS) is 12.6. The molecule has 1 amide bonds. The highest BCUT2D eigenvalue weighted by molar-refractivity contribution is 9.10. The Balaban J connectivity index is 1.61. The zero-order valence-electron chi connectivity index (χ0n) is 13.0. The van der Waals surface area contributed by atoms with Gasteiger partial charge in [-0.25, -0.2) is 0 Å². The van der Waals surface area contributed by atoms with Crippen molar-refractivity contribution >= 4 is 43.7 Å². The third-order valence-corrected chi connectivity index (χ3v) is 4.91. The second-order valence-corrected chi connectivity index (χ2v) is 6.53. The van der Waals surface area contributed by atoms with E-state index < -0.39 is 0 Å². The average molecular weight is 383 g/mol. The summed E-state index contributed by atoms with van der Waals surface area (Å²) in [5.74, 6) is 0.558. The van der Waals surface area contributed by atoms with Crippen LogP contribution >= 0.6 is 15.9 Å². The van der Waals surface area contributed by atoms with Crippen molar-refractivity contribution in [2.75, 3.05) is 0 Å². The van der Waals surface area contributed by atoms with Crippen LogP contribution in [0.4, 0.5) is 0 Å². The van der Waals surface area contributed by atoms with E-state index in [2.05, 4.69) is 26.2 Å². The number of rotatable bonds is 3. The molecule has 0 saturated heterocycles. The summed E-state index contributed by atoms with van der Waals surface area (Å²) in [7, 11) is 0. The molecule has 1 atom stereocenters. The number of halogens is 1. The minimum absolute atomic E-state index is 0.175. The van der Waals surface area contributed by atoms with E-state index in [-0.39, 0.29) is 11.9 Å². The lowest BCUT2D eigenvalue weighted by atomic mass is 10.2. The highest BCUT2D eigenvalue weighted by atomic mass is 79.9. The van der Waals surface area contributed by atoms with Crippen molar-refractivity contribution in [1.82, 2.24) is 10.3 Å². The molecule has 24 heavy (non-hydrogen) atoms. The topological polar surface area (TPSA) is 58.0 Å². The maximum Gasteiger partial charge on any atom is 0.269 e. The number of furan rings is 1. The molecule has 0 bridgehead atoms. The first-order valence-corrected chi connectivity index (χ1v) is 8.48. The Kier molecular flexibility index (Phi) is 3.65. The van der Waals surface area contributed by atoms with E-state index in [9.17, 15) is 4.79 Å². The molecule has 0 aliphatic carbocycles. The summed E-state index contributed by atoms with van der Waals surface area (Å²) in [6.45, 7) is 1.91. The van der Waals surface area contributed by atoms with Gasteiger partial charge in [0.25, 0.3) is 5.91 Å². The summed E-state index contributed by atoms with van der Waals surface area (Å²) in [5, 5.41) is 4.99. The van der Waals surface area contributed by atoms with E-state index >= 15 is 0 Å². The van der Waals surface area contributed by atoms with Crippen LogP contribution in [-0.4, -0.2) is 10.9 Å². The minimum atomic E-state index is -0.233. The van der Waals surface area contributed by atoms with E-state index in [1.807, 2.05) is 61.5 Å². The van der Waals surface area contributed by atoms with Gasteiger partial charge in [-0.15, -0.1) is 0 Å². The molecule has 0 spiro atoms. The van der Waals surface area contributed by atoms with E-state index in [0.717, 1.165) is 32.1 Å². The second-order valence-electron chi connectivity index (χ2n) is 5.74. The first kappa shape index (κ1) is 15.0. The van der Waals surface area contributed by atoms with Crippen LogP contribution in [0, 0.1) is 0 Å². The Morgan fingerprint density at radius 2 is 1.92 bits per heavy atom. The predicted octanol–water partition coefficient (Wildman–Crippen LogP) is 5.17. The number of aromatic amines is 1. The fourth-order valence-corrected chi connectivity index (χ4v) is 3.44. The molecule has 4 rings (SSSR count). The SMILES string of the molecule is CC(NC(=O)c1[nH]c2ccccc2c1Br)c1cc2ccccc2o1. The molecule has 0 saturated carbocycles. The van der Waals surface area contributed by atoms with Gasteiger partial charge in [0.05, 0.1) is 10.5 Å². The molecule has 4 nitrogen and oxygen atoms in total. The summed E-state index contributed by atoms with van der Waals surface area (Å²) in [6, 6.07) is 17.3. The van der Waals surface area contributed by atoms with Crippen LogP contribution in [0.2, 0.25) is 0 Å². The average Bonchev–Trinajstić information content (AvgIpc) is 3.17. The van der Waals surface area contributed by atoms with Crippen LogP contribution in [-0.2, 0) is 0 Å². The van der Waals surface area contributed by atoms with Gasteiger partial charge in [0, 0.05) is 16.3 Å². The number of amides is 1. The molecule has 0 aliphatic rings. The molecule has 5 heteroatoms. The molecule has 0 radical (unpaired) electrons. The molecule has 120 valence electrons. The second kappa shape index (κ2) is 5.83. The van der Waals surface area contributed by atoms with Crippen LogP contribution in [0.5, 0.6) is 0 Å². The van der Waals surface area contributed by atoms with Gasteiger partial charge in [-0.1, -0.05) is 36.4 Å². The number of H-pyrrole nitrogens is 1. The first-order chi connectivity index (χ1) is 11.6. The van der Waals surface area contributed by atoms with Gasteiger partial charge in [-0.2, -0.15) is 0 Å². The van der Waals surface area contributed by atoms with Crippen LogP contribution < -0.4 is 5.32 Å². The summed E-state index contributed by atoms with van der Waals surface area (Å²) in [4.78, 5) is 15.8. The van der Waals surface area contributed by atoms with Crippen molar-refractivity contribution < 1.29 is 9.21 Å². The standard InChI is InChI=1S/C19H15BrN2O2/c1-11(16-10-12-6-2-5-9-15(12)24-16)21-19(23)18-17(20)13-7-3-4-8-14(13)22-18/h2-11,22H,1H3,(H,21,23). The summed E-state index contributed by atoms with van der Waals surface area (Å²) >= 11 is 3.51. The number of hydrogen-bond acceptors (Lipinski definition) is 2. The molecule has 4 aromatic rings.